The summed E-state index contributed by atoms with van der Waals surface area (Å²) in [6, 6.07) is 3.79. The molecule has 7 heteroatoms. The predicted octanol–water partition coefficient (Wildman–Crippen LogP) is 2.14. The number of amides is 1. The Morgan fingerprint density at radius 2 is 2.17 bits per heavy atom. The van der Waals surface area contributed by atoms with E-state index in [2.05, 4.69) is 20.4 Å². The van der Waals surface area contributed by atoms with Crippen molar-refractivity contribution in [1.82, 2.24) is 20.4 Å². The molecule has 1 aliphatic rings. The number of aryl methyl sites for hydroxylation is 1. The van der Waals surface area contributed by atoms with Crippen molar-refractivity contribution >= 4 is 5.91 Å². The Morgan fingerprint density at radius 1 is 1.38 bits per heavy atom. The first-order valence-corrected chi connectivity index (χ1v) is 8.18. The number of carbonyl (C=O) groups excluding carboxylic acids is 1. The Bertz CT molecular complexity index is 684. The molecule has 2 aromatic rings. The molecule has 0 saturated carbocycles. The highest BCUT2D eigenvalue weighted by Crippen LogP contribution is 2.24. The van der Waals surface area contributed by atoms with Crippen LogP contribution in [-0.4, -0.2) is 39.3 Å². The standard InChI is InChI=1S/C17H22N4O3/c1-17(2)11-13(7-10-23-17)19-14(22)3-4-15-20-16(21-24-15)12-5-8-18-9-6-12/h5-6,8-9,13H,3-4,7,10-11H2,1-2H3,(H,19,22)/t13-/m1/s1. The van der Waals surface area contributed by atoms with Gasteiger partial charge in [0, 0.05) is 43.4 Å². The summed E-state index contributed by atoms with van der Waals surface area (Å²) in [6.45, 7) is 4.77. The van der Waals surface area contributed by atoms with Gasteiger partial charge in [0.1, 0.15) is 0 Å². The molecule has 2 aromatic heterocycles. The molecule has 1 saturated heterocycles. The average Bonchev–Trinajstić information content (AvgIpc) is 3.02. The normalized spacial score (nSPS) is 19.8. The zero-order chi connectivity index (χ0) is 17.0. The van der Waals surface area contributed by atoms with Gasteiger partial charge < -0.3 is 14.6 Å². The molecule has 1 N–H and O–H groups in total. The van der Waals surface area contributed by atoms with Gasteiger partial charge in [-0.3, -0.25) is 9.78 Å². The van der Waals surface area contributed by atoms with E-state index in [1.165, 1.54) is 0 Å². The molecule has 0 bridgehead atoms. The van der Waals surface area contributed by atoms with Crippen molar-refractivity contribution in [1.29, 1.82) is 0 Å². The minimum Gasteiger partial charge on any atom is -0.375 e. The van der Waals surface area contributed by atoms with Crippen LogP contribution in [0, 0.1) is 0 Å². The van der Waals surface area contributed by atoms with Crippen LogP contribution in [0.15, 0.2) is 29.0 Å². The molecule has 1 aliphatic heterocycles. The van der Waals surface area contributed by atoms with E-state index in [0.717, 1.165) is 18.4 Å². The number of carbonyl (C=O) groups is 1. The maximum atomic E-state index is 12.1. The lowest BCUT2D eigenvalue weighted by Crippen LogP contribution is -2.45. The SMILES string of the molecule is CC1(C)C[C@H](NC(=O)CCc2nc(-c3ccncc3)no2)CCO1. The van der Waals surface area contributed by atoms with Crippen molar-refractivity contribution in [2.75, 3.05) is 6.61 Å². The third kappa shape index (κ3) is 4.38. The Balaban J connectivity index is 1.49. The predicted molar refractivity (Wildman–Crippen MR) is 87.0 cm³/mol. The van der Waals surface area contributed by atoms with Crippen molar-refractivity contribution in [2.45, 2.75) is 51.2 Å². The topological polar surface area (TPSA) is 90.1 Å². The van der Waals surface area contributed by atoms with Crippen LogP contribution in [0.1, 0.15) is 39.0 Å². The molecule has 0 radical (unpaired) electrons. The number of hydrogen-bond acceptors (Lipinski definition) is 6. The summed E-state index contributed by atoms with van der Waals surface area (Å²) in [4.78, 5) is 20.4. The Hall–Kier alpha value is -2.28. The van der Waals surface area contributed by atoms with Gasteiger partial charge >= 0.3 is 0 Å². The quantitative estimate of drug-likeness (QED) is 0.903. The van der Waals surface area contributed by atoms with Gasteiger partial charge in [-0.2, -0.15) is 4.98 Å². The summed E-state index contributed by atoms with van der Waals surface area (Å²) in [5, 5.41) is 7.00. The molecular formula is C17H22N4O3. The smallest absolute Gasteiger partial charge is 0.227 e. The molecule has 1 atom stereocenters. The maximum absolute atomic E-state index is 12.1. The second-order valence-electron chi connectivity index (χ2n) is 6.61. The highest BCUT2D eigenvalue weighted by Gasteiger charge is 2.29. The number of pyridine rings is 1. The van der Waals surface area contributed by atoms with E-state index in [-0.39, 0.29) is 17.6 Å². The fourth-order valence-electron chi connectivity index (χ4n) is 2.85. The molecule has 3 rings (SSSR count). The number of rotatable bonds is 5. The van der Waals surface area contributed by atoms with Crippen LogP contribution in [0.3, 0.4) is 0 Å². The highest BCUT2D eigenvalue weighted by molar-refractivity contribution is 5.76. The Labute approximate surface area is 140 Å². The molecule has 128 valence electrons. The fraction of sp³-hybridized carbons (Fsp3) is 0.529. The average molecular weight is 330 g/mol. The van der Waals surface area contributed by atoms with E-state index < -0.39 is 0 Å². The second kappa shape index (κ2) is 7.09. The van der Waals surface area contributed by atoms with Gasteiger partial charge in [-0.15, -0.1) is 0 Å². The van der Waals surface area contributed by atoms with Gasteiger partial charge in [-0.05, 0) is 38.8 Å². The molecule has 3 heterocycles. The van der Waals surface area contributed by atoms with Gasteiger partial charge in [0.05, 0.1) is 5.60 Å². The van der Waals surface area contributed by atoms with Crippen LogP contribution in [0.2, 0.25) is 0 Å². The van der Waals surface area contributed by atoms with Crippen LogP contribution in [-0.2, 0) is 16.0 Å². The molecule has 24 heavy (non-hydrogen) atoms. The van der Waals surface area contributed by atoms with Crippen LogP contribution >= 0.6 is 0 Å². The van der Waals surface area contributed by atoms with Gasteiger partial charge in [0.25, 0.3) is 0 Å². The first-order chi connectivity index (χ1) is 11.5. The van der Waals surface area contributed by atoms with Crippen LogP contribution in [0.5, 0.6) is 0 Å². The number of aromatic nitrogens is 3. The summed E-state index contributed by atoms with van der Waals surface area (Å²) in [7, 11) is 0. The largest absolute Gasteiger partial charge is 0.375 e. The molecule has 0 spiro atoms. The van der Waals surface area contributed by atoms with E-state index >= 15 is 0 Å². The number of nitrogens with zero attached hydrogens (tertiary/aromatic N) is 3. The zero-order valence-electron chi connectivity index (χ0n) is 14.0. The molecule has 0 aliphatic carbocycles. The number of nitrogens with one attached hydrogen (secondary N) is 1. The van der Waals surface area contributed by atoms with Gasteiger partial charge in [0.15, 0.2) is 0 Å². The van der Waals surface area contributed by atoms with Gasteiger partial charge in [0.2, 0.25) is 17.6 Å². The van der Waals surface area contributed by atoms with Crippen LogP contribution in [0.4, 0.5) is 0 Å². The number of hydrogen-bond donors (Lipinski definition) is 1. The summed E-state index contributed by atoms with van der Waals surface area (Å²) < 4.78 is 10.9. The molecule has 1 amide bonds. The molecule has 0 unspecified atom stereocenters. The lowest BCUT2D eigenvalue weighted by molar-refractivity contribution is -0.124. The summed E-state index contributed by atoms with van der Waals surface area (Å²) >= 11 is 0. The summed E-state index contributed by atoms with van der Waals surface area (Å²) in [5.41, 5.74) is 0.663. The molecule has 1 fully saturated rings. The first kappa shape index (κ1) is 16.6. The van der Waals surface area contributed by atoms with Crippen molar-refractivity contribution in [3.63, 3.8) is 0 Å². The Morgan fingerprint density at radius 3 is 2.92 bits per heavy atom. The monoisotopic (exact) mass is 330 g/mol. The van der Waals surface area contributed by atoms with E-state index in [1.54, 1.807) is 12.4 Å². The van der Waals surface area contributed by atoms with Gasteiger partial charge in [-0.25, -0.2) is 0 Å². The Kier molecular flexibility index (Phi) is 4.89. The third-order valence-corrected chi connectivity index (χ3v) is 4.03. The minimum atomic E-state index is -0.178. The van der Waals surface area contributed by atoms with Gasteiger partial charge in [-0.1, -0.05) is 5.16 Å². The van der Waals surface area contributed by atoms with E-state index in [4.69, 9.17) is 9.26 Å². The zero-order valence-corrected chi connectivity index (χ0v) is 14.0. The van der Waals surface area contributed by atoms with E-state index in [9.17, 15) is 4.79 Å². The van der Waals surface area contributed by atoms with E-state index in [1.807, 2.05) is 26.0 Å². The minimum absolute atomic E-state index is 0.00126. The summed E-state index contributed by atoms with van der Waals surface area (Å²) in [6.07, 6.45) is 5.78. The first-order valence-electron chi connectivity index (χ1n) is 8.18. The van der Waals surface area contributed by atoms with Crippen LogP contribution in [0.25, 0.3) is 11.4 Å². The lowest BCUT2D eigenvalue weighted by Gasteiger charge is -2.35. The van der Waals surface area contributed by atoms with Crippen molar-refractivity contribution < 1.29 is 14.1 Å². The van der Waals surface area contributed by atoms with Crippen molar-refractivity contribution in [2.24, 2.45) is 0 Å². The van der Waals surface area contributed by atoms with Crippen molar-refractivity contribution in [3.8, 4) is 11.4 Å². The number of ether oxygens (including phenoxy) is 1. The third-order valence-electron chi connectivity index (χ3n) is 4.03. The highest BCUT2D eigenvalue weighted by atomic mass is 16.5. The lowest BCUT2D eigenvalue weighted by atomic mass is 9.94. The fourth-order valence-corrected chi connectivity index (χ4v) is 2.85. The summed E-state index contributed by atoms with van der Waals surface area (Å²) in [5.74, 6) is 0.976. The molecular weight excluding hydrogens is 308 g/mol. The molecule has 7 nitrogen and oxygen atoms in total. The maximum Gasteiger partial charge on any atom is 0.227 e. The van der Waals surface area contributed by atoms with Crippen LogP contribution < -0.4 is 5.32 Å². The van der Waals surface area contributed by atoms with E-state index in [0.29, 0.717) is 31.2 Å². The van der Waals surface area contributed by atoms with Crippen molar-refractivity contribution in [3.05, 3.63) is 30.4 Å². The molecule has 0 aromatic carbocycles. The second-order valence-corrected chi connectivity index (χ2v) is 6.61.